The molecule has 0 amide bonds. The second-order valence-electron chi connectivity index (χ2n) is 6.18. The highest BCUT2D eigenvalue weighted by Gasteiger charge is 2.15. The summed E-state index contributed by atoms with van der Waals surface area (Å²) in [6, 6.07) is 15.9. The lowest BCUT2D eigenvalue weighted by Gasteiger charge is -2.17. The molecule has 0 aliphatic carbocycles. The quantitative estimate of drug-likeness (QED) is 0.721. The summed E-state index contributed by atoms with van der Waals surface area (Å²) in [5.41, 5.74) is 3.09. The van der Waals surface area contributed by atoms with Gasteiger partial charge in [-0.05, 0) is 36.6 Å². The van der Waals surface area contributed by atoms with E-state index in [2.05, 4.69) is 13.8 Å². The van der Waals surface area contributed by atoms with Crippen molar-refractivity contribution in [1.29, 1.82) is 0 Å². The van der Waals surface area contributed by atoms with Crippen LogP contribution in [0.15, 0.2) is 53.3 Å². The first-order chi connectivity index (χ1) is 11.1. The van der Waals surface area contributed by atoms with Crippen LogP contribution in [0.25, 0.3) is 10.9 Å². The van der Waals surface area contributed by atoms with Crippen LogP contribution in [0.5, 0.6) is 0 Å². The summed E-state index contributed by atoms with van der Waals surface area (Å²) in [7, 11) is 0. The maximum atomic E-state index is 13.0. The van der Waals surface area contributed by atoms with Gasteiger partial charge in [0.05, 0.1) is 17.4 Å². The van der Waals surface area contributed by atoms with E-state index in [0.29, 0.717) is 11.9 Å². The molecule has 0 bridgehead atoms. The first-order valence-electron chi connectivity index (χ1n) is 8.15. The van der Waals surface area contributed by atoms with Crippen LogP contribution in [0.1, 0.15) is 43.1 Å². The first-order valence-corrected chi connectivity index (χ1v) is 8.15. The maximum absolute atomic E-state index is 13.0. The predicted molar refractivity (Wildman–Crippen MR) is 95.0 cm³/mol. The molecule has 0 spiro atoms. The number of benzene rings is 2. The molecule has 2 aromatic carbocycles. The van der Waals surface area contributed by atoms with Crippen molar-refractivity contribution in [3.63, 3.8) is 0 Å². The molecule has 1 unspecified atom stereocenters. The van der Waals surface area contributed by atoms with Crippen molar-refractivity contribution in [2.24, 2.45) is 0 Å². The van der Waals surface area contributed by atoms with Gasteiger partial charge >= 0.3 is 0 Å². The van der Waals surface area contributed by atoms with E-state index in [-0.39, 0.29) is 11.5 Å². The molecule has 1 atom stereocenters. The van der Waals surface area contributed by atoms with Crippen molar-refractivity contribution in [1.82, 2.24) is 9.55 Å². The van der Waals surface area contributed by atoms with Gasteiger partial charge in [0.2, 0.25) is 0 Å². The Kier molecular flexibility index (Phi) is 4.28. The zero-order chi connectivity index (χ0) is 16.4. The number of hydrogen-bond acceptors (Lipinski definition) is 2. The zero-order valence-corrected chi connectivity index (χ0v) is 13.9. The zero-order valence-electron chi connectivity index (χ0n) is 13.9. The molecule has 1 heterocycles. The lowest BCUT2D eigenvalue weighted by atomic mass is 10.1. The topological polar surface area (TPSA) is 34.9 Å². The van der Waals surface area contributed by atoms with Gasteiger partial charge in [-0.3, -0.25) is 9.36 Å². The summed E-state index contributed by atoms with van der Waals surface area (Å²) < 4.78 is 1.83. The smallest absolute Gasteiger partial charge is 0.261 e. The van der Waals surface area contributed by atoms with Gasteiger partial charge in [-0.15, -0.1) is 0 Å². The summed E-state index contributed by atoms with van der Waals surface area (Å²) in [4.78, 5) is 17.8. The number of fused-ring (bicyclic) bond motifs is 1. The molecule has 1 aromatic heterocycles. The molecule has 3 heteroatoms. The molecule has 23 heavy (non-hydrogen) atoms. The van der Waals surface area contributed by atoms with E-state index in [0.717, 1.165) is 28.9 Å². The lowest BCUT2D eigenvalue weighted by molar-refractivity contribution is 0.593. The minimum Gasteiger partial charge on any atom is -0.291 e. The molecule has 0 saturated carbocycles. The number of hydrogen-bond donors (Lipinski definition) is 0. The molecule has 0 saturated heterocycles. The molecule has 0 fully saturated rings. The van der Waals surface area contributed by atoms with E-state index in [9.17, 15) is 4.79 Å². The Balaban J connectivity index is 2.23. The average molecular weight is 306 g/mol. The fourth-order valence-electron chi connectivity index (χ4n) is 2.83. The van der Waals surface area contributed by atoms with Crippen molar-refractivity contribution >= 4 is 10.9 Å². The van der Waals surface area contributed by atoms with E-state index in [1.54, 1.807) is 0 Å². The SMILES string of the molecule is CCC(C)c1nc2cc(C)ccc2c(=O)n1Cc1ccccc1. The van der Waals surface area contributed by atoms with Crippen LogP contribution in [0.4, 0.5) is 0 Å². The van der Waals surface area contributed by atoms with E-state index in [1.807, 2.05) is 60.0 Å². The van der Waals surface area contributed by atoms with E-state index >= 15 is 0 Å². The molecule has 3 aromatic rings. The molecule has 0 N–H and O–H groups in total. The fourth-order valence-corrected chi connectivity index (χ4v) is 2.83. The highest BCUT2D eigenvalue weighted by atomic mass is 16.1. The second-order valence-corrected chi connectivity index (χ2v) is 6.18. The van der Waals surface area contributed by atoms with E-state index in [1.165, 1.54) is 0 Å². The Morgan fingerprint density at radius 1 is 1.13 bits per heavy atom. The van der Waals surface area contributed by atoms with Crippen molar-refractivity contribution in [3.8, 4) is 0 Å². The third-order valence-corrected chi connectivity index (χ3v) is 4.38. The molecular weight excluding hydrogens is 284 g/mol. The van der Waals surface area contributed by atoms with Gasteiger partial charge in [0.25, 0.3) is 5.56 Å². The molecule has 0 aliphatic rings. The number of rotatable bonds is 4. The standard InChI is InChI=1S/C20H22N2O/c1-4-15(3)19-21-18-12-14(2)10-11-17(18)20(23)22(19)13-16-8-6-5-7-9-16/h5-12,15H,4,13H2,1-3H3. The van der Waals surface area contributed by atoms with E-state index < -0.39 is 0 Å². The van der Waals surface area contributed by atoms with Crippen molar-refractivity contribution < 1.29 is 0 Å². The van der Waals surface area contributed by atoms with Crippen LogP contribution in [0.2, 0.25) is 0 Å². The third kappa shape index (κ3) is 3.04. The van der Waals surface area contributed by atoms with Crippen molar-refractivity contribution in [2.75, 3.05) is 0 Å². The fraction of sp³-hybridized carbons (Fsp3) is 0.300. The van der Waals surface area contributed by atoms with Crippen LogP contribution in [0, 0.1) is 6.92 Å². The van der Waals surface area contributed by atoms with E-state index in [4.69, 9.17) is 4.98 Å². The Labute approximate surface area is 136 Å². The van der Waals surface area contributed by atoms with Crippen molar-refractivity contribution in [3.05, 3.63) is 75.8 Å². The van der Waals surface area contributed by atoms with Crippen LogP contribution in [-0.4, -0.2) is 9.55 Å². The number of aryl methyl sites for hydroxylation is 1. The van der Waals surface area contributed by atoms with Crippen LogP contribution < -0.4 is 5.56 Å². The summed E-state index contributed by atoms with van der Waals surface area (Å²) >= 11 is 0. The highest BCUT2D eigenvalue weighted by molar-refractivity contribution is 5.78. The normalized spacial score (nSPS) is 12.5. The Morgan fingerprint density at radius 2 is 1.87 bits per heavy atom. The Bertz CT molecular complexity index is 881. The van der Waals surface area contributed by atoms with Gasteiger partial charge in [0.1, 0.15) is 5.82 Å². The Hall–Kier alpha value is -2.42. The predicted octanol–water partition coefficient (Wildman–Crippen LogP) is 4.27. The average Bonchev–Trinajstić information content (AvgIpc) is 2.57. The highest BCUT2D eigenvalue weighted by Crippen LogP contribution is 2.20. The largest absolute Gasteiger partial charge is 0.291 e. The summed E-state index contributed by atoms with van der Waals surface area (Å²) in [5, 5.41) is 0.693. The van der Waals surface area contributed by atoms with Crippen LogP contribution in [0.3, 0.4) is 0 Å². The van der Waals surface area contributed by atoms with Gasteiger partial charge in [0, 0.05) is 5.92 Å². The number of aromatic nitrogens is 2. The van der Waals surface area contributed by atoms with Crippen molar-refractivity contribution in [2.45, 2.75) is 39.7 Å². The van der Waals surface area contributed by atoms with Gasteiger partial charge in [0.15, 0.2) is 0 Å². The van der Waals surface area contributed by atoms with Gasteiger partial charge in [-0.1, -0.05) is 50.2 Å². The molecule has 3 nitrogen and oxygen atoms in total. The summed E-state index contributed by atoms with van der Waals surface area (Å²) in [5.74, 6) is 1.12. The molecule has 3 rings (SSSR count). The second kappa shape index (κ2) is 6.37. The minimum atomic E-state index is 0.0501. The third-order valence-electron chi connectivity index (χ3n) is 4.38. The monoisotopic (exact) mass is 306 g/mol. The maximum Gasteiger partial charge on any atom is 0.261 e. The molecule has 0 radical (unpaired) electrons. The van der Waals surface area contributed by atoms with Gasteiger partial charge < -0.3 is 0 Å². The Morgan fingerprint density at radius 3 is 2.57 bits per heavy atom. The molecule has 118 valence electrons. The number of nitrogens with zero attached hydrogens (tertiary/aromatic N) is 2. The minimum absolute atomic E-state index is 0.0501. The first kappa shape index (κ1) is 15.5. The lowest BCUT2D eigenvalue weighted by Crippen LogP contribution is -2.27. The van der Waals surface area contributed by atoms with Crippen LogP contribution in [-0.2, 0) is 6.54 Å². The van der Waals surface area contributed by atoms with Gasteiger partial charge in [-0.25, -0.2) is 4.98 Å². The molecular formula is C20H22N2O. The summed E-state index contributed by atoms with van der Waals surface area (Å²) in [6.45, 7) is 6.85. The molecule has 0 aliphatic heterocycles. The van der Waals surface area contributed by atoms with Gasteiger partial charge in [-0.2, -0.15) is 0 Å². The van der Waals surface area contributed by atoms with Crippen LogP contribution >= 0.6 is 0 Å². The summed E-state index contributed by atoms with van der Waals surface area (Å²) in [6.07, 6.45) is 0.957.